The molecule has 18 heavy (non-hydrogen) atoms. The van der Waals surface area contributed by atoms with Crippen LogP contribution >= 0.6 is 11.6 Å². The topological polar surface area (TPSA) is 59.4 Å². The lowest BCUT2D eigenvalue weighted by molar-refractivity contribution is 0.0681. The fourth-order valence-corrected chi connectivity index (χ4v) is 2.32. The maximum absolute atomic E-state index is 11.1. The summed E-state index contributed by atoms with van der Waals surface area (Å²) >= 11 is 5.78. The fraction of sp³-hybridized carbons (Fsp3) is 0.538. The molecule has 2 rings (SSSR count). The Morgan fingerprint density at radius 2 is 2.06 bits per heavy atom. The number of hydrogen-bond acceptors (Lipinski definition) is 3. The number of carboxylic acid groups (broad SMARTS) is 1. The Balaban J connectivity index is 2.12. The van der Waals surface area contributed by atoms with E-state index in [0.29, 0.717) is 0 Å². The van der Waals surface area contributed by atoms with Crippen molar-refractivity contribution in [1.29, 1.82) is 0 Å². The molecular weight excluding hydrogens is 254 g/mol. The van der Waals surface area contributed by atoms with Gasteiger partial charge in [-0.2, -0.15) is 0 Å². The number of carboxylic acids is 1. The molecule has 98 valence electrons. The molecule has 0 saturated heterocycles. The third-order valence-electron chi connectivity index (χ3n) is 3.30. The quantitative estimate of drug-likeness (QED) is 0.855. The van der Waals surface area contributed by atoms with Crippen LogP contribution in [0.3, 0.4) is 0 Å². The minimum Gasteiger partial charge on any atom is -0.477 e. The molecule has 5 heteroatoms. The highest BCUT2D eigenvalue weighted by atomic mass is 35.5. The third-order valence-corrected chi connectivity index (χ3v) is 3.51. The molecule has 0 spiro atoms. The molecule has 0 aromatic carbocycles. The maximum Gasteiger partial charge on any atom is 0.341 e. The summed E-state index contributed by atoms with van der Waals surface area (Å²) in [5.74, 6) is -0.191. The highest BCUT2D eigenvalue weighted by Crippen LogP contribution is 2.28. The Labute approximate surface area is 111 Å². The molecule has 0 unspecified atom stereocenters. The zero-order valence-corrected chi connectivity index (χ0v) is 11.0. The monoisotopic (exact) mass is 269 g/mol. The largest absolute Gasteiger partial charge is 0.477 e. The van der Waals surface area contributed by atoms with E-state index >= 15 is 0 Å². The lowest BCUT2D eigenvalue weighted by Gasteiger charge is -2.26. The first kappa shape index (κ1) is 13.1. The first-order valence-electron chi connectivity index (χ1n) is 6.12. The SMILES string of the molecule is CC1CCC(Oc2nc(Cl)ccc2C(=O)O)CC1. The van der Waals surface area contributed by atoms with Gasteiger partial charge in [0.1, 0.15) is 16.8 Å². The number of carbonyl (C=O) groups is 1. The van der Waals surface area contributed by atoms with Crippen molar-refractivity contribution in [2.24, 2.45) is 5.92 Å². The molecule has 4 nitrogen and oxygen atoms in total. The average Bonchev–Trinajstić information content (AvgIpc) is 2.32. The lowest BCUT2D eigenvalue weighted by Crippen LogP contribution is -2.24. The summed E-state index contributed by atoms with van der Waals surface area (Å²) in [4.78, 5) is 15.0. The molecule has 0 aliphatic heterocycles. The van der Waals surface area contributed by atoms with E-state index in [1.54, 1.807) is 0 Å². The summed E-state index contributed by atoms with van der Waals surface area (Å²) in [6, 6.07) is 2.89. The number of rotatable bonds is 3. The second kappa shape index (κ2) is 5.57. The molecule has 0 radical (unpaired) electrons. The molecule has 1 aromatic heterocycles. The number of nitrogens with zero attached hydrogens (tertiary/aromatic N) is 1. The van der Waals surface area contributed by atoms with Gasteiger partial charge in [0.25, 0.3) is 0 Å². The molecule has 1 aromatic rings. The van der Waals surface area contributed by atoms with Crippen LogP contribution in [0.5, 0.6) is 5.88 Å². The highest BCUT2D eigenvalue weighted by molar-refractivity contribution is 6.29. The van der Waals surface area contributed by atoms with Gasteiger partial charge in [-0.25, -0.2) is 9.78 Å². The van der Waals surface area contributed by atoms with E-state index in [4.69, 9.17) is 21.4 Å². The van der Waals surface area contributed by atoms with E-state index in [0.717, 1.165) is 31.6 Å². The summed E-state index contributed by atoms with van der Waals surface area (Å²) in [6.45, 7) is 2.22. The van der Waals surface area contributed by atoms with Crippen molar-refractivity contribution < 1.29 is 14.6 Å². The van der Waals surface area contributed by atoms with Crippen LogP contribution in [0, 0.1) is 5.92 Å². The van der Waals surface area contributed by atoms with Gasteiger partial charge in [-0.05, 0) is 43.7 Å². The molecule has 1 fully saturated rings. The number of ether oxygens (including phenoxy) is 1. The molecule has 1 aliphatic carbocycles. The first-order valence-corrected chi connectivity index (χ1v) is 6.50. The second-order valence-corrected chi connectivity index (χ2v) is 5.18. The Hall–Kier alpha value is -1.29. The van der Waals surface area contributed by atoms with Gasteiger partial charge < -0.3 is 9.84 Å². The highest BCUT2D eigenvalue weighted by Gasteiger charge is 2.22. The summed E-state index contributed by atoms with van der Waals surface area (Å²) in [7, 11) is 0. The summed E-state index contributed by atoms with van der Waals surface area (Å²) in [6.07, 6.45) is 4.13. The van der Waals surface area contributed by atoms with Gasteiger partial charge in [0.05, 0.1) is 0 Å². The van der Waals surface area contributed by atoms with Crippen LogP contribution in [0.15, 0.2) is 12.1 Å². The maximum atomic E-state index is 11.1. The number of hydrogen-bond donors (Lipinski definition) is 1. The molecule has 1 saturated carbocycles. The number of aromatic nitrogens is 1. The second-order valence-electron chi connectivity index (χ2n) is 4.79. The van der Waals surface area contributed by atoms with Gasteiger partial charge in [0, 0.05) is 0 Å². The Bertz CT molecular complexity index is 442. The fourth-order valence-electron chi connectivity index (χ4n) is 2.18. The van der Waals surface area contributed by atoms with Crippen LogP contribution < -0.4 is 4.74 Å². The first-order chi connectivity index (χ1) is 8.56. The van der Waals surface area contributed by atoms with Crippen LogP contribution in [0.2, 0.25) is 5.15 Å². The number of halogens is 1. The average molecular weight is 270 g/mol. The van der Waals surface area contributed by atoms with Crippen molar-refractivity contribution in [2.75, 3.05) is 0 Å². The van der Waals surface area contributed by atoms with Crippen LogP contribution in [0.4, 0.5) is 0 Å². The molecule has 1 N–H and O–H groups in total. The number of pyridine rings is 1. The van der Waals surface area contributed by atoms with Crippen molar-refractivity contribution in [3.63, 3.8) is 0 Å². The summed E-state index contributed by atoms with van der Waals surface area (Å²) < 4.78 is 5.70. The summed E-state index contributed by atoms with van der Waals surface area (Å²) in [5.41, 5.74) is 0.0676. The van der Waals surface area contributed by atoms with Crippen LogP contribution in [0.1, 0.15) is 43.0 Å². The zero-order chi connectivity index (χ0) is 13.1. The zero-order valence-electron chi connectivity index (χ0n) is 10.2. The van der Waals surface area contributed by atoms with Crippen LogP contribution in [0.25, 0.3) is 0 Å². The van der Waals surface area contributed by atoms with Gasteiger partial charge in [0.15, 0.2) is 0 Å². The van der Waals surface area contributed by atoms with E-state index < -0.39 is 5.97 Å². The minimum absolute atomic E-state index is 0.0465. The Kier molecular flexibility index (Phi) is 4.07. The predicted molar refractivity (Wildman–Crippen MR) is 68.3 cm³/mol. The molecule has 1 aliphatic rings. The molecule has 0 bridgehead atoms. The molecule has 1 heterocycles. The van der Waals surface area contributed by atoms with Crippen molar-refractivity contribution in [3.8, 4) is 5.88 Å². The van der Waals surface area contributed by atoms with Crippen LogP contribution in [-0.2, 0) is 0 Å². The smallest absolute Gasteiger partial charge is 0.341 e. The van der Waals surface area contributed by atoms with E-state index in [2.05, 4.69) is 11.9 Å². The van der Waals surface area contributed by atoms with Crippen molar-refractivity contribution in [2.45, 2.75) is 38.7 Å². The Morgan fingerprint density at radius 3 is 2.67 bits per heavy atom. The van der Waals surface area contributed by atoms with Crippen LogP contribution in [-0.4, -0.2) is 22.2 Å². The molecule has 0 atom stereocenters. The van der Waals surface area contributed by atoms with Gasteiger partial charge in [0.2, 0.25) is 5.88 Å². The van der Waals surface area contributed by atoms with E-state index in [1.165, 1.54) is 12.1 Å². The number of aromatic carboxylic acids is 1. The standard InChI is InChI=1S/C13H16ClNO3/c1-8-2-4-9(5-3-8)18-12-10(13(16)17)6-7-11(14)15-12/h6-9H,2-5H2,1H3,(H,16,17). The lowest BCUT2D eigenvalue weighted by atomic mass is 9.89. The predicted octanol–water partition coefficient (Wildman–Crippen LogP) is 3.39. The van der Waals surface area contributed by atoms with E-state index in [1.807, 2.05) is 0 Å². The van der Waals surface area contributed by atoms with Crippen molar-refractivity contribution >= 4 is 17.6 Å². The van der Waals surface area contributed by atoms with Gasteiger partial charge >= 0.3 is 5.97 Å². The molecular formula is C13H16ClNO3. The van der Waals surface area contributed by atoms with Gasteiger partial charge in [-0.1, -0.05) is 18.5 Å². The van der Waals surface area contributed by atoms with Crippen molar-refractivity contribution in [3.05, 3.63) is 22.8 Å². The van der Waals surface area contributed by atoms with Gasteiger partial charge in [-0.15, -0.1) is 0 Å². The Morgan fingerprint density at radius 1 is 1.39 bits per heavy atom. The van der Waals surface area contributed by atoms with E-state index in [-0.39, 0.29) is 22.7 Å². The van der Waals surface area contributed by atoms with Gasteiger partial charge in [-0.3, -0.25) is 0 Å². The van der Waals surface area contributed by atoms with Crippen molar-refractivity contribution in [1.82, 2.24) is 4.98 Å². The normalized spacial score (nSPS) is 23.7. The van der Waals surface area contributed by atoms with E-state index in [9.17, 15) is 4.79 Å². The third kappa shape index (κ3) is 3.13. The minimum atomic E-state index is -1.04. The molecule has 0 amide bonds. The summed E-state index contributed by atoms with van der Waals surface area (Å²) in [5, 5.41) is 9.31.